The molecule has 1 aliphatic heterocycles. The Labute approximate surface area is 112 Å². The average Bonchev–Trinajstić information content (AvgIpc) is 2.50. The third kappa shape index (κ3) is 2.09. The van der Waals surface area contributed by atoms with E-state index in [-0.39, 0.29) is 0 Å². The van der Waals surface area contributed by atoms with E-state index in [1.165, 1.54) is 12.1 Å². The highest BCUT2D eigenvalue weighted by Gasteiger charge is 2.47. The maximum atomic E-state index is 2.54. The van der Waals surface area contributed by atoms with Crippen LogP contribution in [0.5, 0.6) is 0 Å². The summed E-state index contributed by atoms with van der Waals surface area (Å²) in [5.41, 5.74) is 3.29. The highest BCUT2D eigenvalue weighted by Crippen LogP contribution is 2.47. The number of likely N-dealkylation sites (tertiary alicyclic amines) is 1. The molecule has 0 saturated carbocycles. The minimum Gasteiger partial charge on any atom is -0.300 e. The van der Waals surface area contributed by atoms with Crippen molar-refractivity contribution in [2.24, 2.45) is 11.8 Å². The minimum absolute atomic E-state index is 0.293. The summed E-state index contributed by atoms with van der Waals surface area (Å²) in [4.78, 5) is 2.54. The van der Waals surface area contributed by atoms with Crippen molar-refractivity contribution in [2.45, 2.75) is 46.1 Å². The molecule has 0 aromatic heterocycles. The van der Waals surface area contributed by atoms with Crippen LogP contribution in [0.25, 0.3) is 0 Å². The fraction of sp³-hybridized carbons (Fsp3) is 0.647. The maximum absolute atomic E-state index is 2.54. The summed E-state index contributed by atoms with van der Waals surface area (Å²) < 4.78 is 0. The molecule has 2 unspecified atom stereocenters. The van der Waals surface area contributed by atoms with Gasteiger partial charge in [0.05, 0.1) is 0 Å². The van der Waals surface area contributed by atoms with Crippen LogP contribution in [-0.2, 0) is 0 Å². The van der Waals surface area contributed by atoms with Gasteiger partial charge in [-0.05, 0) is 50.8 Å². The van der Waals surface area contributed by atoms with Gasteiger partial charge in [-0.25, -0.2) is 0 Å². The first-order valence-electron chi connectivity index (χ1n) is 7.12. The Morgan fingerprint density at radius 1 is 1.22 bits per heavy atom. The zero-order chi connectivity index (χ0) is 13.5. The first-order valence-corrected chi connectivity index (χ1v) is 7.12. The molecule has 0 bridgehead atoms. The molecule has 2 rings (SSSR count). The standard InChI is InChI=1S/C17H27N/c1-12(2)16-15(11-18(6)17(16,4)5)14-10-8-7-9-13(14)3/h7-10,12,15-16H,11H2,1-6H3. The quantitative estimate of drug-likeness (QED) is 0.759. The van der Waals surface area contributed by atoms with E-state index < -0.39 is 0 Å². The zero-order valence-corrected chi connectivity index (χ0v) is 12.7. The van der Waals surface area contributed by atoms with E-state index in [9.17, 15) is 0 Å². The van der Waals surface area contributed by atoms with Crippen molar-refractivity contribution in [3.8, 4) is 0 Å². The molecular formula is C17H27N. The Bertz CT molecular complexity index is 419. The lowest BCUT2D eigenvalue weighted by atomic mass is 9.72. The molecule has 0 aliphatic carbocycles. The summed E-state index contributed by atoms with van der Waals surface area (Å²) in [6, 6.07) is 8.90. The number of nitrogens with zero attached hydrogens (tertiary/aromatic N) is 1. The molecule has 18 heavy (non-hydrogen) atoms. The molecule has 1 aromatic rings. The molecule has 100 valence electrons. The van der Waals surface area contributed by atoms with Crippen molar-refractivity contribution in [3.63, 3.8) is 0 Å². The van der Waals surface area contributed by atoms with Gasteiger partial charge in [0.1, 0.15) is 0 Å². The van der Waals surface area contributed by atoms with Crippen molar-refractivity contribution in [2.75, 3.05) is 13.6 Å². The summed E-state index contributed by atoms with van der Waals surface area (Å²) in [5.74, 6) is 2.12. The largest absolute Gasteiger partial charge is 0.300 e. The third-order valence-electron chi connectivity index (χ3n) is 5.01. The van der Waals surface area contributed by atoms with Gasteiger partial charge in [0.15, 0.2) is 0 Å². The lowest BCUT2D eigenvalue weighted by Gasteiger charge is -2.37. The molecule has 1 fully saturated rings. The predicted molar refractivity (Wildman–Crippen MR) is 79.0 cm³/mol. The summed E-state index contributed by atoms with van der Waals surface area (Å²) in [7, 11) is 2.27. The Hall–Kier alpha value is -0.820. The number of aryl methyl sites for hydroxylation is 1. The molecule has 2 atom stereocenters. The van der Waals surface area contributed by atoms with E-state index >= 15 is 0 Å². The van der Waals surface area contributed by atoms with Crippen LogP contribution in [0.2, 0.25) is 0 Å². The minimum atomic E-state index is 0.293. The maximum Gasteiger partial charge on any atom is 0.0187 e. The lowest BCUT2D eigenvalue weighted by Crippen LogP contribution is -2.41. The van der Waals surface area contributed by atoms with E-state index in [0.717, 1.165) is 11.8 Å². The highest BCUT2D eigenvalue weighted by atomic mass is 15.2. The molecule has 0 N–H and O–H groups in total. The summed E-state index contributed by atoms with van der Waals surface area (Å²) in [5, 5.41) is 0. The van der Waals surface area contributed by atoms with E-state index in [4.69, 9.17) is 0 Å². The fourth-order valence-electron chi connectivity index (χ4n) is 3.97. The molecule has 0 spiro atoms. The van der Waals surface area contributed by atoms with Crippen LogP contribution in [0.1, 0.15) is 44.7 Å². The molecule has 1 aromatic carbocycles. The topological polar surface area (TPSA) is 3.24 Å². The number of benzene rings is 1. The fourth-order valence-corrected chi connectivity index (χ4v) is 3.97. The Morgan fingerprint density at radius 2 is 1.83 bits per heavy atom. The van der Waals surface area contributed by atoms with E-state index in [0.29, 0.717) is 11.5 Å². The van der Waals surface area contributed by atoms with Crippen molar-refractivity contribution in [3.05, 3.63) is 35.4 Å². The molecule has 1 heterocycles. The molecular weight excluding hydrogens is 218 g/mol. The molecule has 1 saturated heterocycles. The Kier molecular flexibility index (Phi) is 3.55. The van der Waals surface area contributed by atoms with Gasteiger partial charge in [0.25, 0.3) is 0 Å². The first-order chi connectivity index (χ1) is 8.35. The SMILES string of the molecule is Cc1ccccc1C1CN(C)C(C)(C)C1C(C)C. The highest BCUT2D eigenvalue weighted by molar-refractivity contribution is 5.32. The Balaban J connectivity index is 2.42. The van der Waals surface area contributed by atoms with Crippen molar-refractivity contribution in [1.82, 2.24) is 4.90 Å². The van der Waals surface area contributed by atoms with Gasteiger partial charge in [-0.2, -0.15) is 0 Å². The van der Waals surface area contributed by atoms with Gasteiger partial charge in [0.2, 0.25) is 0 Å². The van der Waals surface area contributed by atoms with Gasteiger partial charge >= 0.3 is 0 Å². The van der Waals surface area contributed by atoms with E-state index in [1.807, 2.05) is 0 Å². The third-order valence-corrected chi connectivity index (χ3v) is 5.01. The molecule has 1 aliphatic rings. The van der Waals surface area contributed by atoms with Crippen molar-refractivity contribution < 1.29 is 0 Å². The average molecular weight is 245 g/mol. The smallest absolute Gasteiger partial charge is 0.0187 e. The van der Waals surface area contributed by atoms with E-state index in [1.54, 1.807) is 5.56 Å². The van der Waals surface area contributed by atoms with Gasteiger partial charge in [-0.3, -0.25) is 0 Å². The number of hydrogen-bond acceptors (Lipinski definition) is 1. The van der Waals surface area contributed by atoms with Crippen LogP contribution < -0.4 is 0 Å². The molecule has 1 nitrogen and oxygen atoms in total. The monoisotopic (exact) mass is 245 g/mol. The summed E-state index contributed by atoms with van der Waals surface area (Å²) in [6.45, 7) is 13.0. The summed E-state index contributed by atoms with van der Waals surface area (Å²) >= 11 is 0. The van der Waals surface area contributed by atoms with Crippen molar-refractivity contribution >= 4 is 0 Å². The molecule has 0 amide bonds. The first kappa shape index (κ1) is 13.6. The second kappa shape index (κ2) is 4.70. The van der Waals surface area contributed by atoms with Gasteiger partial charge in [-0.15, -0.1) is 0 Å². The van der Waals surface area contributed by atoms with Gasteiger partial charge in [-0.1, -0.05) is 38.1 Å². The van der Waals surface area contributed by atoms with Crippen LogP contribution in [0.3, 0.4) is 0 Å². The van der Waals surface area contributed by atoms with Gasteiger partial charge < -0.3 is 4.90 Å². The van der Waals surface area contributed by atoms with E-state index in [2.05, 4.69) is 70.8 Å². The van der Waals surface area contributed by atoms with Crippen LogP contribution >= 0.6 is 0 Å². The van der Waals surface area contributed by atoms with Crippen LogP contribution in [0.4, 0.5) is 0 Å². The second-order valence-electron chi connectivity index (χ2n) is 6.77. The molecule has 0 radical (unpaired) electrons. The number of hydrogen-bond donors (Lipinski definition) is 0. The van der Waals surface area contributed by atoms with Crippen LogP contribution in [0.15, 0.2) is 24.3 Å². The Morgan fingerprint density at radius 3 is 2.39 bits per heavy atom. The molecule has 1 heteroatoms. The summed E-state index contributed by atoms with van der Waals surface area (Å²) in [6.07, 6.45) is 0. The van der Waals surface area contributed by atoms with Crippen LogP contribution in [0, 0.1) is 18.8 Å². The van der Waals surface area contributed by atoms with Crippen LogP contribution in [-0.4, -0.2) is 24.0 Å². The normalized spacial score (nSPS) is 27.9. The van der Waals surface area contributed by atoms with Crippen molar-refractivity contribution in [1.29, 1.82) is 0 Å². The zero-order valence-electron chi connectivity index (χ0n) is 12.7. The van der Waals surface area contributed by atoms with Gasteiger partial charge in [0, 0.05) is 18.0 Å². The second-order valence-corrected chi connectivity index (χ2v) is 6.77. The predicted octanol–water partition coefficient (Wildman–Crippen LogP) is 4.07. The number of rotatable bonds is 2. The number of likely N-dealkylation sites (N-methyl/N-ethyl adjacent to an activating group) is 1. The lowest BCUT2D eigenvalue weighted by molar-refractivity contribution is 0.141.